The van der Waals surface area contributed by atoms with Crippen molar-refractivity contribution < 1.29 is 19.3 Å². The minimum atomic E-state index is -0.0627. The molecule has 0 bridgehead atoms. The average molecular weight is 222 g/mol. The molecule has 0 radical (unpaired) electrons. The summed E-state index contributed by atoms with van der Waals surface area (Å²) in [4.78, 5) is 20.7. The smallest absolute Gasteiger partial charge is 0.188 e. The maximum atomic E-state index is 11.4. The van der Waals surface area contributed by atoms with E-state index in [-0.39, 0.29) is 12.4 Å². The lowest BCUT2D eigenvalue weighted by atomic mass is 10.1. The molecule has 1 aromatic carbocycles. The van der Waals surface area contributed by atoms with E-state index in [1.807, 2.05) is 0 Å². The van der Waals surface area contributed by atoms with Gasteiger partial charge in [-0.15, -0.1) is 0 Å². The molecule has 0 spiro atoms. The number of benzene rings is 1. The normalized spacial score (nSPS) is 9.88. The van der Waals surface area contributed by atoms with Crippen LogP contribution in [0.15, 0.2) is 30.8 Å². The maximum Gasteiger partial charge on any atom is 0.188 e. The van der Waals surface area contributed by atoms with Gasteiger partial charge in [0.15, 0.2) is 11.5 Å². The fourth-order valence-electron chi connectivity index (χ4n) is 1.21. The van der Waals surface area contributed by atoms with Crippen LogP contribution in [0, 0.1) is 0 Å². The second-order valence-electron chi connectivity index (χ2n) is 3.11. The average Bonchev–Trinajstić information content (AvgIpc) is 2.30. The van der Waals surface area contributed by atoms with Gasteiger partial charge >= 0.3 is 0 Å². The Morgan fingerprint density at radius 2 is 1.75 bits per heavy atom. The number of Topliss-reactive ketones (excluding diaryl/α,β-unsaturated/α-hetero) is 1. The summed E-state index contributed by atoms with van der Waals surface area (Å²) >= 11 is 0. The molecule has 86 valence electrons. The molecule has 0 aliphatic heterocycles. The van der Waals surface area contributed by atoms with Gasteiger partial charge in [0.2, 0.25) is 0 Å². The molecule has 0 saturated heterocycles. The number of hydrogen-bond acceptors (Lipinski definition) is 4. The third-order valence-electron chi connectivity index (χ3n) is 1.99. The van der Waals surface area contributed by atoms with Gasteiger partial charge in [-0.05, 0) is 0 Å². The minimum absolute atomic E-state index is 0.0627. The van der Waals surface area contributed by atoms with Gasteiger partial charge in [-0.3, -0.25) is 4.79 Å². The minimum Gasteiger partial charge on any atom is -0.377 e. The fraction of sp³-hybridized carbons (Fsp3) is 0.250. The Morgan fingerprint density at radius 3 is 2.25 bits per heavy atom. The summed E-state index contributed by atoms with van der Waals surface area (Å²) in [7, 11) is 2.89. The lowest BCUT2D eigenvalue weighted by Crippen LogP contribution is -2.06. The molecule has 0 aliphatic carbocycles. The molecule has 0 unspecified atom stereocenters. The molecule has 0 N–H and O–H groups in total. The number of carbonyl (C=O) groups excluding carboxylic acids is 1. The van der Waals surface area contributed by atoms with Crippen LogP contribution in [0.25, 0.3) is 5.76 Å². The summed E-state index contributed by atoms with van der Waals surface area (Å²) in [5.41, 5.74) is 1.35. The van der Waals surface area contributed by atoms with E-state index in [2.05, 4.69) is 11.5 Å². The Morgan fingerprint density at radius 1 is 1.19 bits per heavy atom. The van der Waals surface area contributed by atoms with Crippen molar-refractivity contribution in [2.75, 3.05) is 20.8 Å². The van der Waals surface area contributed by atoms with Crippen LogP contribution in [0.2, 0.25) is 0 Å². The van der Waals surface area contributed by atoms with E-state index in [4.69, 9.17) is 9.62 Å². The molecule has 16 heavy (non-hydrogen) atoms. The van der Waals surface area contributed by atoms with Crippen LogP contribution >= 0.6 is 0 Å². The first-order valence-corrected chi connectivity index (χ1v) is 4.71. The predicted octanol–water partition coefficient (Wildman–Crippen LogP) is 2.06. The number of ketones is 1. The first-order valence-electron chi connectivity index (χ1n) is 4.71. The van der Waals surface area contributed by atoms with E-state index >= 15 is 0 Å². The van der Waals surface area contributed by atoms with Crippen LogP contribution < -0.4 is 0 Å². The molecule has 4 nitrogen and oxygen atoms in total. The van der Waals surface area contributed by atoms with Gasteiger partial charge in [0.25, 0.3) is 0 Å². The van der Waals surface area contributed by atoms with Gasteiger partial charge in [0.1, 0.15) is 6.61 Å². The molecular formula is C12H14O4. The standard InChI is InChI=1S/C12H14O4/c1-9(16-15-3)10-4-6-11(7-5-10)12(13)8-14-2/h4-7H,1,8H2,2-3H3. The van der Waals surface area contributed by atoms with Crippen molar-refractivity contribution in [2.45, 2.75) is 0 Å². The highest BCUT2D eigenvalue weighted by molar-refractivity contribution is 5.97. The summed E-state index contributed by atoms with van der Waals surface area (Å²) in [6, 6.07) is 6.87. The Kier molecular flexibility index (Phi) is 4.69. The molecule has 0 fully saturated rings. The molecule has 0 aliphatic rings. The zero-order valence-electron chi connectivity index (χ0n) is 9.36. The molecular weight excluding hydrogens is 208 g/mol. The monoisotopic (exact) mass is 222 g/mol. The summed E-state index contributed by atoms with van der Waals surface area (Å²) in [6.45, 7) is 3.75. The quantitative estimate of drug-likeness (QED) is 0.320. The van der Waals surface area contributed by atoms with Crippen molar-refractivity contribution >= 4 is 11.5 Å². The number of hydrogen-bond donors (Lipinski definition) is 0. The van der Waals surface area contributed by atoms with Gasteiger partial charge < -0.3 is 9.62 Å². The van der Waals surface area contributed by atoms with Crippen molar-refractivity contribution in [3.63, 3.8) is 0 Å². The molecule has 0 heterocycles. The highest BCUT2D eigenvalue weighted by atomic mass is 17.2. The van der Waals surface area contributed by atoms with Crippen molar-refractivity contribution in [3.05, 3.63) is 42.0 Å². The van der Waals surface area contributed by atoms with Crippen LogP contribution in [-0.2, 0) is 14.5 Å². The number of carbonyl (C=O) groups is 1. The lowest BCUT2D eigenvalue weighted by Gasteiger charge is -2.05. The number of methoxy groups -OCH3 is 1. The Labute approximate surface area is 94.4 Å². The molecule has 0 saturated carbocycles. The first kappa shape index (κ1) is 12.4. The zero-order valence-corrected chi connectivity index (χ0v) is 9.36. The second kappa shape index (κ2) is 6.05. The Balaban J connectivity index is 2.75. The summed E-state index contributed by atoms with van der Waals surface area (Å²) in [6.07, 6.45) is 0. The van der Waals surface area contributed by atoms with E-state index in [9.17, 15) is 4.79 Å². The van der Waals surface area contributed by atoms with Gasteiger partial charge in [0.05, 0.1) is 7.11 Å². The molecule has 0 atom stereocenters. The van der Waals surface area contributed by atoms with E-state index in [1.165, 1.54) is 14.2 Å². The Bertz CT molecular complexity index is 330. The van der Waals surface area contributed by atoms with E-state index in [0.29, 0.717) is 11.3 Å². The van der Waals surface area contributed by atoms with E-state index in [0.717, 1.165) is 5.56 Å². The van der Waals surface area contributed by atoms with Crippen LogP contribution in [-0.4, -0.2) is 26.6 Å². The van der Waals surface area contributed by atoms with Gasteiger partial charge in [-0.2, -0.15) is 4.89 Å². The SMILES string of the molecule is C=C(OOC)c1ccc(C(=O)COC)cc1. The highest BCUT2D eigenvalue weighted by Gasteiger charge is 2.06. The second-order valence-corrected chi connectivity index (χ2v) is 3.11. The summed E-state index contributed by atoms with van der Waals surface area (Å²) in [5.74, 6) is 0.334. The van der Waals surface area contributed by atoms with Gasteiger partial charge in [0, 0.05) is 18.2 Å². The molecule has 4 heteroatoms. The summed E-state index contributed by atoms with van der Waals surface area (Å²) < 4.78 is 4.76. The van der Waals surface area contributed by atoms with Gasteiger partial charge in [-0.25, -0.2) is 0 Å². The summed E-state index contributed by atoms with van der Waals surface area (Å²) in [5, 5.41) is 0. The van der Waals surface area contributed by atoms with Crippen LogP contribution in [0.4, 0.5) is 0 Å². The van der Waals surface area contributed by atoms with Crippen LogP contribution in [0.5, 0.6) is 0 Å². The number of rotatable bonds is 6. The van der Waals surface area contributed by atoms with Gasteiger partial charge in [-0.1, -0.05) is 30.8 Å². The number of ether oxygens (including phenoxy) is 1. The van der Waals surface area contributed by atoms with Crippen molar-refractivity contribution in [1.82, 2.24) is 0 Å². The maximum absolute atomic E-state index is 11.4. The van der Waals surface area contributed by atoms with Crippen molar-refractivity contribution in [3.8, 4) is 0 Å². The van der Waals surface area contributed by atoms with Crippen LogP contribution in [0.1, 0.15) is 15.9 Å². The van der Waals surface area contributed by atoms with E-state index < -0.39 is 0 Å². The lowest BCUT2D eigenvalue weighted by molar-refractivity contribution is -0.207. The molecule has 1 aromatic rings. The zero-order chi connectivity index (χ0) is 12.0. The Hall–Kier alpha value is -1.65. The van der Waals surface area contributed by atoms with E-state index in [1.54, 1.807) is 24.3 Å². The highest BCUT2D eigenvalue weighted by Crippen LogP contribution is 2.14. The van der Waals surface area contributed by atoms with Crippen molar-refractivity contribution in [2.24, 2.45) is 0 Å². The predicted molar refractivity (Wildman–Crippen MR) is 59.8 cm³/mol. The molecule has 0 amide bonds. The molecule has 1 rings (SSSR count). The third-order valence-corrected chi connectivity index (χ3v) is 1.99. The largest absolute Gasteiger partial charge is 0.377 e. The van der Waals surface area contributed by atoms with Crippen molar-refractivity contribution in [1.29, 1.82) is 0 Å². The molecule has 0 aromatic heterocycles. The third kappa shape index (κ3) is 3.18. The first-order chi connectivity index (χ1) is 7.69. The fourth-order valence-corrected chi connectivity index (χ4v) is 1.21. The van der Waals surface area contributed by atoms with Crippen LogP contribution in [0.3, 0.4) is 0 Å². The topological polar surface area (TPSA) is 44.8 Å².